The van der Waals surface area contributed by atoms with Gasteiger partial charge >= 0.3 is 0 Å². The summed E-state index contributed by atoms with van der Waals surface area (Å²) in [5.74, 6) is 2.00. The van der Waals surface area contributed by atoms with Crippen LogP contribution < -0.4 is 0 Å². The first-order valence-corrected chi connectivity index (χ1v) is 13.2. The van der Waals surface area contributed by atoms with E-state index in [1.807, 2.05) is 0 Å². The summed E-state index contributed by atoms with van der Waals surface area (Å²) in [5, 5.41) is 0. The van der Waals surface area contributed by atoms with E-state index in [9.17, 15) is 0 Å². The molecule has 1 unspecified atom stereocenters. The van der Waals surface area contributed by atoms with Crippen LogP contribution in [0, 0.1) is 5.92 Å². The molecule has 2 aromatic carbocycles. The van der Waals surface area contributed by atoms with Crippen LogP contribution in [0.2, 0.25) is 0 Å². The predicted octanol–water partition coefficient (Wildman–Crippen LogP) is 10.0. The zero-order valence-electron chi connectivity index (χ0n) is 22.8. The summed E-state index contributed by atoms with van der Waals surface area (Å²) in [6.07, 6.45) is 6.39. The number of para-hydroxylation sites is 2. The van der Waals surface area contributed by atoms with Crippen molar-refractivity contribution in [1.82, 2.24) is 0 Å². The van der Waals surface area contributed by atoms with E-state index in [1.54, 1.807) is 0 Å². The summed E-state index contributed by atoms with van der Waals surface area (Å²) in [4.78, 5) is 10.8. The van der Waals surface area contributed by atoms with Crippen molar-refractivity contribution in [3.05, 3.63) is 70.8 Å². The fourth-order valence-electron chi connectivity index (χ4n) is 4.97. The van der Waals surface area contributed by atoms with Crippen molar-refractivity contribution in [3.8, 4) is 0 Å². The van der Waals surface area contributed by atoms with Crippen molar-refractivity contribution < 1.29 is 0 Å². The Labute approximate surface area is 208 Å². The van der Waals surface area contributed by atoms with E-state index in [1.165, 1.54) is 33.7 Å². The lowest BCUT2D eigenvalue weighted by atomic mass is 9.86. The number of nitrogens with zero attached hydrogens (tertiary/aromatic N) is 2. The van der Waals surface area contributed by atoms with E-state index in [-0.39, 0.29) is 5.92 Å². The molecule has 0 amide bonds. The molecule has 1 aliphatic carbocycles. The Hall–Kier alpha value is -2.48. The lowest BCUT2D eigenvalue weighted by molar-refractivity contribution is 0.817. The van der Waals surface area contributed by atoms with Crippen molar-refractivity contribution >= 4 is 22.8 Å². The van der Waals surface area contributed by atoms with Crippen LogP contribution in [0.25, 0.3) is 0 Å². The van der Waals surface area contributed by atoms with Crippen LogP contribution in [0.1, 0.15) is 121 Å². The summed E-state index contributed by atoms with van der Waals surface area (Å²) in [6.45, 7) is 20.4. The molecule has 182 valence electrons. The molecule has 3 rings (SSSR count). The maximum Gasteiger partial charge on any atom is 0.0702 e. The number of benzene rings is 2. The molecule has 0 aliphatic heterocycles. The van der Waals surface area contributed by atoms with Gasteiger partial charge in [0.1, 0.15) is 0 Å². The minimum absolute atomic E-state index is 0.241. The maximum atomic E-state index is 5.40. The second-order valence-electron chi connectivity index (χ2n) is 10.9. The van der Waals surface area contributed by atoms with Crippen molar-refractivity contribution in [3.63, 3.8) is 0 Å². The van der Waals surface area contributed by atoms with Gasteiger partial charge in [0, 0.05) is 23.8 Å². The van der Waals surface area contributed by atoms with Crippen molar-refractivity contribution in [1.29, 1.82) is 0 Å². The number of allylic oxidation sites excluding steroid dienone is 2. The Morgan fingerprint density at radius 2 is 1.09 bits per heavy atom. The fourth-order valence-corrected chi connectivity index (χ4v) is 4.97. The minimum atomic E-state index is 0.241. The molecule has 0 heterocycles. The molecule has 0 saturated heterocycles. The van der Waals surface area contributed by atoms with Crippen LogP contribution in [0.3, 0.4) is 0 Å². The van der Waals surface area contributed by atoms with Gasteiger partial charge in [0.2, 0.25) is 0 Å². The van der Waals surface area contributed by atoms with E-state index in [4.69, 9.17) is 9.98 Å². The van der Waals surface area contributed by atoms with Gasteiger partial charge < -0.3 is 0 Å². The molecule has 0 aromatic heterocycles. The van der Waals surface area contributed by atoms with Gasteiger partial charge in [-0.15, -0.1) is 0 Å². The van der Waals surface area contributed by atoms with E-state index in [0.29, 0.717) is 23.7 Å². The molecule has 0 fully saturated rings. The molecule has 0 radical (unpaired) electrons. The second kappa shape index (κ2) is 11.3. The topological polar surface area (TPSA) is 24.7 Å². The van der Waals surface area contributed by atoms with Gasteiger partial charge in [-0.05, 0) is 58.4 Å². The van der Waals surface area contributed by atoms with Gasteiger partial charge in [0.15, 0.2) is 0 Å². The highest BCUT2D eigenvalue weighted by molar-refractivity contribution is 6.16. The Morgan fingerprint density at radius 3 is 1.47 bits per heavy atom. The molecule has 1 aliphatic rings. The smallest absolute Gasteiger partial charge is 0.0702 e. The number of aliphatic imine (C=N–C) groups is 2. The summed E-state index contributed by atoms with van der Waals surface area (Å²) in [7, 11) is 0. The summed E-state index contributed by atoms with van der Waals surface area (Å²) in [5.41, 5.74) is 10.1. The van der Waals surface area contributed by atoms with Crippen LogP contribution >= 0.6 is 0 Å². The van der Waals surface area contributed by atoms with Gasteiger partial charge in [-0.3, -0.25) is 9.98 Å². The summed E-state index contributed by atoms with van der Waals surface area (Å²) in [6, 6.07) is 13.4. The maximum absolute atomic E-state index is 5.40. The van der Waals surface area contributed by atoms with Crippen LogP contribution in [0.4, 0.5) is 11.4 Å². The van der Waals surface area contributed by atoms with Crippen LogP contribution in [0.15, 0.2) is 58.5 Å². The Kier molecular flexibility index (Phi) is 8.68. The van der Waals surface area contributed by atoms with E-state index < -0.39 is 0 Å². The van der Waals surface area contributed by atoms with E-state index >= 15 is 0 Å². The molecule has 0 N–H and O–H groups in total. The third-order valence-corrected chi connectivity index (χ3v) is 6.96. The number of rotatable bonds is 7. The number of hydrogen-bond acceptors (Lipinski definition) is 2. The van der Waals surface area contributed by atoms with E-state index in [2.05, 4.69) is 111 Å². The first kappa shape index (κ1) is 26.1. The Bertz CT molecular complexity index is 1030. The fraction of sp³-hybridized carbons (Fsp3) is 0.500. The zero-order chi connectivity index (χ0) is 25.0. The van der Waals surface area contributed by atoms with Crippen LogP contribution in [0.5, 0.6) is 0 Å². The molecular weight excluding hydrogens is 412 g/mol. The van der Waals surface area contributed by atoms with Gasteiger partial charge in [-0.25, -0.2) is 0 Å². The first-order chi connectivity index (χ1) is 16.1. The van der Waals surface area contributed by atoms with Crippen LogP contribution in [-0.4, -0.2) is 11.4 Å². The van der Waals surface area contributed by atoms with Gasteiger partial charge in [0.25, 0.3) is 0 Å². The minimum Gasteiger partial charge on any atom is -0.256 e. The molecule has 34 heavy (non-hydrogen) atoms. The van der Waals surface area contributed by atoms with Gasteiger partial charge in [0.05, 0.1) is 11.4 Å². The highest BCUT2D eigenvalue weighted by Crippen LogP contribution is 2.38. The SMILES string of the molecule is CCC1C(=Nc2c(C(C)C)cccc2C(C)C)C=CCC1=Nc1c(C(C)C)cccc1C(C)C. The highest BCUT2D eigenvalue weighted by Gasteiger charge is 2.25. The normalized spacial score (nSPS) is 18.9. The third kappa shape index (κ3) is 5.59. The lowest BCUT2D eigenvalue weighted by Crippen LogP contribution is -2.25. The molecule has 2 aromatic rings. The quantitative estimate of drug-likeness (QED) is 0.396. The lowest BCUT2D eigenvalue weighted by Gasteiger charge is -2.25. The third-order valence-electron chi connectivity index (χ3n) is 6.96. The Morgan fingerprint density at radius 1 is 0.676 bits per heavy atom. The average Bonchev–Trinajstić information content (AvgIpc) is 2.78. The molecule has 2 heteroatoms. The summed E-state index contributed by atoms with van der Waals surface area (Å²) < 4.78 is 0. The largest absolute Gasteiger partial charge is 0.256 e. The van der Waals surface area contributed by atoms with E-state index in [0.717, 1.165) is 24.2 Å². The van der Waals surface area contributed by atoms with Crippen LogP contribution in [-0.2, 0) is 0 Å². The predicted molar refractivity (Wildman–Crippen MR) is 151 cm³/mol. The molecular formula is C32H44N2. The monoisotopic (exact) mass is 456 g/mol. The van der Waals surface area contributed by atoms with Gasteiger partial charge in [-0.1, -0.05) is 105 Å². The second-order valence-corrected chi connectivity index (χ2v) is 10.9. The molecule has 0 bridgehead atoms. The first-order valence-electron chi connectivity index (χ1n) is 13.2. The molecule has 0 saturated carbocycles. The molecule has 0 spiro atoms. The summed E-state index contributed by atoms with van der Waals surface area (Å²) >= 11 is 0. The molecule has 1 atom stereocenters. The standard InChI is InChI=1S/C32H44N2/c1-10-24-29(33-31-25(20(2)3)14-11-15-26(31)21(4)5)18-13-19-30(24)34-32-27(22(6)7)16-12-17-28(32)23(8)9/h11-18,20-24H,10,19H2,1-9H3. The van der Waals surface area contributed by atoms with Gasteiger partial charge in [-0.2, -0.15) is 0 Å². The van der Waals surface area contributed by atoms with Crippen molar-refractivity contribution in [2.24, 2.45) is 15.9 Å². The zero-order valence-corrected chi connectivity index (χ0v) is 22.8. The number of hydrogen-bond donors (Lipinski definition) is 0. The highest BCUT2D eigenvalue weighted by atomic mass is 14.8. The molecule has 2 nitrogen and oxygen atoms in total. The Balaban J connectivity index is 2.17. The van der Waals surface area contributed by atoms with Crippen molar-refractivity contribution in [2.75, 3.05) is 0 Å². The van der Waals surface area contributed by atoms with Crippen molar-refractivity contribution in [2.45, 2.75) is 98.8 Å². The average molecular weight is 457 g/mol.